The number of carbonyl (C=O) groups is 10. The predicted octanol–water partition coefficient (Wildman–Crippen LogP) is -0.575. The molecule has 12 N–H and O–H groups in total. The van der Waals surface area contributed by atoms with E-state index in [2.05, 4.69) is 79.9 Å². The summed E-state index contributed by atoms with van der Waals surface area (Å²) in [7, 11) is -1.67. The molecule has 0 radical (unpaired) electrons. The molecule has 4 heterocycles. The largest absolute Gasteiger partial charge is 0.484 e. The first-order chi connectivity index (χ1) is 50.0. The van der Waals surface area contributed by atoms with Crippen molar-refractivity contribution in [3.63, 3.8) is 0 Å². The van der Waals surface area contributed by atoms with Gasteiger partial charge in [0.25, 0.3) is 11.8 Å². The molecule has 2 aromatic carbocycles. The number of carbonyl (C=O) groups excluding carboxylic acids is 6. The molecule has 34 heteroatoms. The minimum absolute atomic E-state index is 0.00875. The zero-order valence-electron chi connectivity index (χ0n) is 59.9. The maximum absolute atomic E-state index is 13.9. The van der Waals surface area contributed by atoms with Crippen molar-refractivity contribution >= 4 is 77.3 Å². The van der Waals surface area contributed by atoms with Gasteiger partial charge in [-0.1, -0.05) is 38.1 Å². The molecular weight excluding hydrogens is 1360 g/mol. The fourth-order valence-corrected chi connectivity index (χ4v) is 12.2. The Morgan fingerprint density at radius 1 is 0.606 bits per heavy atom. The van der Waals surface area contributed by atoms with Gasteiger partial charge in [-0.2, -0.15) is 0 Å². The Kier molecular flexibility index (Phi) is 38.2. The van der Waals surface area contributed by atoms with E-state index in [9.17, 15) is 78.4 Å². The van der Waals surface area contributed by atoms with Crippen LogP contribution in [0.2, 0.25) is 0 Å². The summed E-state index contributed by atoms with van der Waals surface area (Å²) in [5.74, 6) is -6.77. The van der Waals surface area contributed by atoms with Gasteiger partial charge in [0, 0.05) is 109 Å². The summed E-state index contributed by atoms with van der Waals surface area (Å²) in [5.41, 5.74) is 3.12. The molecular formula is C70H107BN12O21. The molecule has 3 aliphatic heterocycles. The number of hydrogen-bond acceptors (Lipinski definition) is 23. The van der Waals surface area contributed by atoms with Crippen molar-refractivity contribution in [1.29, 1.82) is 0 Å². The second kappa shape index (κ2) is 46.7. The van der Waals surface area contributed by atoms with E-state index in [0.717, 1.165) is 18.4 Å². The summed E-state index contributed by atoms with van der Waals surface area (Å²) in [6.45, 7) is 8.46. The van der Waals surface area contributed by atoms with Crippen molar-refractivity contribution in [3.05, 3.63) is 71.4 Å². The van der Waals surface area contributed by atoms with Crippen molar-refractivity contribution in [2.75, 3.05) is 158 Å². The molecule has 3 aliphatic rings. The quantitative estimate of drug-likeness (QED) is 0.0191. The Balaban J connectivity index is 0.882. The Morgan fingerprint density at radius 3 is 1.81 bits per heavy atom. The number of hydrogen-bond donors (Lipinski definition) is 12. The van der Waals surface area contributed by atoms with Crippen LogP contribution in [0, 0.1) is 5.92 Å². The van der Waals surface area contributed by atoms with Crippen molar-refractivity contribution in [1.82, 2.24) is 61.4 Å². The highest BCUT2D eigenvalue weighted by Gasteiger charge is 2.40. The standard InChI is InChI=1S/C70H107BN12O21/c1-49(2)41-51-16-14-50(15-17-51)9-7-13-60(84)73-22-5-4-11-56(70(96)97)78-68(95)55(10-3-6-23-75-69-58(104-69)44-79-27-29-80(45-64(88)89)31-33-82(47-66(92)93)34-32-81(30-28-79)46-65(90)91)77-61(85)21-35-100-37-39-102-40-38-101-36-25-74-62(86)48-103-52-18-19-53-54(20-24-72-57(53)42-52)67(94)76-43-63(87)83-26-8-12-59(83)71(98)99/h14-20,24,42,49,55-56,58-59,69,75,98-99H,3-13,21-23,25-41,43-48H2,1-2H3,(H,73,84)(H,74,86)(H,76,94)(H,77,85)(H,78,95)(H,88,89)(H,90,91)(H,92,93)(H,96,97)/t55-,56-,58?,59-,69?/m0/s1. The second-order valence-corrected chi connectivity index (χ2v) is 26.6. The lowest BCUT2D eigenvalue weighted by Crippen LogP contribution is -2.51. The molecule has 576 valence electrons. The fraction of sp³-hybridized carbons (Fsp3) is 0.643. The summed E-state index contributed by atoms with van der Waals surface area (Å²) >= 11 is 0. The van der Waals surface area contributed by atoms with E-state index in [1.807, 2.05) is 0 Å². The van der Waals surface area contributed by atoms with E-state index in [0.29, 0.717) is 139 Å². The number of rotatable bonds is 48. The average Bonchev–Trinajstić information content (AvgIpc) is 1.45. The third-order valence-electron chi connectivity index (χ3n) is 17.8. The first kappa shape index (κ1) is 84.9. The number of likely N-dealkylation sites (tertiary alicyclic amines) is 1. The molecule has 3 fully saturated rings. The third-order valence-corrected chi connectivity index (χ3v) is 17.8. The monoisotopic (exact) mass is 1460 g/mol. The second-order valence-electron chi connectivity index (χ2n) is 26.6. The van der Waals surface area contributed by atoms with Crippen molar-refractivity contribution in [3.8, 4) is 5.75 Å². The summed E-state index contributed by atoms with van der Waals surface area (Å²) in [6.07, 6.45) is 6.75. The van der Waals surface area contributed by atoms with Gasteiger partial charge in [-0.3, -0.25) is 73.1 Å². The molecule has 33 nitrogen and oxygen atoms in total. The van der Waals surface area contributed by atoms with Crippen LogP contribution < -0.4 is 36.6 Å². The molecule has 0 bridgehead atoms. The number of unbranched alkanes of at least 4 members (excludes halogenated alkanes) is 2. The van der Waals surface area contributed by atoms with E-state index in [-0.39, 0.29) is 135 Å². The van der Waals surface area contributed by atoms with Gasteiger partial charge in [0.15, 0.2) is 6.61 Å². The van der Waals surface area contributed by atoms with Crippen LogP contribution in [0.3, 0.4) is 0 Å². The Hall–Kier alpha value is -8.03. The van der Waals surface area contributed by atoms with Crippen LogP contribution in [0.25, 0.3) is 10.9 Å². The number of aromatic nitrogens is 1. The van der Waals surface area contributed by atoms with Gasteiger partial charge in [-0.15, -0.1) is 0 Å². The van der Waals surface area contributed by atoms with Gasteiger partial charge in [-0.05, 0) is 112 Å². The smallest absolute Gasteiger partial charge is 0.475 e. The number of pyridine rings is 1. The number of nitrogens with one attached hydrogen (secondary N) is 6. The van der Waals surface area contributed by atoms with E-state index >= 15 is 0 Å². The van der Waals surface area contributed by atoms with Crippen LogP contribution in [0.4, 0.5) is 0 Å². The molecule has 3 saturated heterocycles. The molecule has 2 unspecified atom stereocenters. The number of aryl methyl sites for hydroxylation is 1. The Bertz CT molecular complexity index is 3180. The van der Waals surface area contributed by atoms with Crippen LogP contribution >= 0.6 is 0 Å². The molecule has 0 spiro atoms. The minimum Gasteiger partial charge on any atom is -0.484 e. The maximum Gasteiger partial charge on any atom is 0.475 e. The normalized spacial score (nSPS) is 17.6. The number of amides is 6. The van der Waals surface area contributed by atoms with Gasteiger partial charge in [0.05, 0.1) is 82.8 Å². The summed E-state index contributed by atoms with van der Waals surface area (Å²) in [6, 6.07) is 12.4. The van der Waals surface area contributed by atoms with Gasteiger partial charge in [0.2, 0.25) is 23.6 Å². The van der Waals surface area contributed by atoms with E-state index in [4.69, 9.17) is 23.7 Å². The lowest BCUT2D eigenvalue weighted by atomic mass is 9.78. The van der Waals surface area contributed by atoms with Crippen molar-refractivity contribution in [2.45, 2.75) is 128 Å². The zero-order valence-corrected chi connectivity index (χ0v) is 59.9. The minimum atomic E-state index is -1.67. The molecule has 1 aromatic heterocycles. The lowest BCUT2D eigenvalue weighted by Gasteiger charge is -2.32. The van der Waals surface area contributed by atoms with E-state index in [1.54, 1.807) is 32.9 Å². The molecule has 0 saturated carbocycles. The van der Waals surface area contributed by atoms with E-state index < -0.39 is 78.6 Å². The number of carboxylic acids is 4. The van der Waals surface area contributed by atoms with Crippen molar-refractivity contribution in [2.24, 2.45) is 5.92 Å². The average molecular weight is 1460 g/mol. The van der Waals surface area contributed by atoms with Crippen LogP contribution in [0.5, 0.6) is 5.75 Å². The number of aliphatic carboxylic acids is 4. The highest BCUT2D eigenvalue weighted by molar-refractivity contribution is 6.43. The van der Waals surface area contributed by atoms with Crippen LogP contribution in [-0.4, -0.2) is 314 Å². The highest BCUT2D eigenvalue weighted by atomic mass is 16.6. The SMILES string of the molecule is CC(C)Cc1ccc(CCCC(=O)NCCCC[C@H](NC(=O)[C@H](CCCCNC2OC2CN2CCN(CC(=O)O)CCN(CC(=O)O)CCN(CC(=O)O)CC2)NC(=O)CCOCCOCCOCCNC(=O)COc2ccc3c(C(=O)NCC(=O)N4CCC[C@H]4B(O)O)ccnc3c2)C(=O)O)cc1. The lowest BCUT2D eigenvalue weighted by molar-refractivity contribution is -0.142. The maximum atomic E-state index is 13.9. The number of epoxide rings is 1. The zero-order chi connectivity index (χ0) is 75.2. The van der Waals surface area contributed by atoms with Gasteiger partial charge in [0.1, 0.15) is 30.2 Å². The molecule has 3 aromatic rings. The number of nitrogens with zero attached hydrogens (tertiary/aromatic N) is 6. The Morgan fingerprint density at radius 2 is 1.19 bits per heavy atom. The summed E-state index contributed by atoms with van der Waals surface area (Å²) in [4.78, 5) is 139. The summed E-state index contributed by atoms with van der Waals surface area (Å²) in [5, 5.41) is 75.6. The topological polar surface area (TPSA) is 443 Å². The molecule has 0 aliphatic carbocycles. The number of ether oxygens (including phenoxy) is 5. The van der Waals surface area contributed by atoms with Gasteiger partial charge >= 0.3 is 31.0 Å². The third kappa shape index (κ3) is 33.4. The van der Waals surface area contributed by atoms with Crippen LogP contribution in [-0.2, 0) is 74.9 Å². The fourth-order valence-electron chi connectivity index (χ4n) is 12.2. The number of benzene rings is 2. The molecule has 104 heavy (non-hydrogen) atoms. The Labute approximate surface area is 606 Å². The number of fused-ring (bicyclic) bond motifs is 1. The summed E-state index contributed by atoms with van der Waals surface area (Å²) < 4.78 is 28.4. The van der Waals surface area contributed by atoms with Crippen LogP contribution in [0.1, 0.15) is 106 Å². The van der Waals surface area contributed by atoms with Crippen LogP contribution in [0.15, 0.2) is 54.7 Å². The predicted molar refractivity (Wildman–Crippen MR) is 380 cm³/mol. The molecule has 5 atom stereocenters. The number of carboxylic acid groups (broad SMARTS) is 4. The first-order valence-corrected chi connectivity index (χ1v) is 36.1. The van der Waals surface area contributed by atoms with Gasteiger partial charge < -0.3 is 85.6 Å². The van der Waals surface area contributed by atoms with Gasteiger partial charge in [-0.25, -0.2) is 4.79 Å². The molecule has 6 amide bonds. The molecule has 6 rings (SSSR count). The highest BCUT2D eigenvalue weighted by Crippen LogP contribution is 2.24. The van der Waals surface area contributed by atoms with E-state index in [1.165, 1.54) is 22.7 Å². The van der Waals surface area contributed by atoms with Crippen molar-refractivity contribution < 1.29 is 102 Å². The first-order valence-electron chi connectivity index (χ1n) is 36.1.